The van der Waals surface area contributed by atoms with Crippen molar-refractivity contribution >= 4 is 55.7 Å². The fourth-order valence-electron chi connectivity index (χ4n) is 11.0. The van der Waals surface area contributed by atoms with Gasteiger partial charge in [-0.3, -0.25) is 0 Å². The van der Waals surface area contributed by atoms with Crippen molar-refractivity contribution in [2.24, 2.45) is 0 Å². The molecule has 0 aliphatic carbocycles. The van der Waals surface area contributed by atoms with E-state index in [2.05, 4.69) is 222 Å². The lowest BCUT2D eigenvalue weighted by Gasteiger charge is -2.36. The zero-order valence-electron chi connectivity index (χ0n) is 50.4. The van der Waals surface area contributed by atoms with Crippen LogP contribution in [0.3, 0.4) is 0 Å². The Hall–Kier alpha value is -5.38. The molecule has 0 amide bonds. The molecule has 1 N–H and O–H groups in total. The maximum absolute atomic E-state index is 12.0. The summed E-state index contributed by atoms with van der Waals surface area (Å²) in [6.45, 7) is 36.5. The second kappa shape index (κ2) is 24.5. The van der Waals surface area contributed by atoms with Crippen LogP contribution in [0.5, 0.6) is 0 Å². The molecule has 0 atom stereocenters. The van der Waals surface area contributed by atoms with Gasteiger partial charge < -0.3 is 14.9 Å². The molecule has 0 fully saturated rings. The summed E-state index contributed by atoms with van der Waals surface area (Å²) in [6, 6.07) is 46.3. The SMILES string of the molecule is CCCCc1cc(CCCC)cc(N(c2cc(C(C)(C)C)cc(C(C)(C)C)c2)c2c3ccccc3c(N(c3cc(CCCC)cc(CCCC)c3)c3cc(C(C)(C)C)cc(C(C)(C)O)c3)c3cc(CCCC)ccc23)c1. The minimum atomic E-state index is -1.06. The summed E-state index contributed by atoms with van der Waals surface area (Å²) < 4.78 is 0. The van der Waals surface area contributed by atoms with Crippen LogP contribution in [-0.4, -0.2) is 5.11 Å². The lowest BCUT2D eigenvalue weighted by Crippen LogP contribution is -2.21. The number of aliphatic hydroxyl groups is 1. The molecule has 0 aliphatic heterocycles. The van der Waals surface area contributed by atoms with E-state index in [-0.39, 0.29) is 16.2 Å². The van der Waals surface area contributed by atoms with Crippen molar-refractivity contribution in [1.29, 1.82) is 0 Å². The number of hydrogen-bond donors (Lipinski definition) is 1. The van der Waals surface area contributed by atoms with Crippen molar-refractivity contribution in [2.75, 3.05) is 9.80 Å². The number of fused-ring (bicyclic) bond motifs is 2. The van der Waals surface area contributed by atoms with E-state index < -0.39 is 5.60 Å². The van der Waals surface area contributed by atoms with Gasteiger partial charge >= 0.3 is 0 Å². The molecule has 0 spiro atoms. The Morgan fingerprint density at radius 3 is 0.961 bits per heavy atom. The highest BCUT2D eigenvalue weighted by molar-refractivity contribution is 6.23. The summed E-state index contributed by atoms with van der Waals surface area (Å²) in [5, 5.41) is 16.9. The topological polar surface area (TPSA) is 26.7 Å². The highest BCUT2D eigenvalue weighted by Gasteiger charge is 2.31. The van der Waals surface area contributed by atoms with Crippen molar-refractivity contribution in [1.82, 2.24) is 0 Å². The summed E-state index contributed by atoms with van der Waals surface area (Å²) in [5.74, 6) is 0. The number of rotatable bonds is 22. The molecule has 7 rings (SSSR count). The Morgan fingerprint density at radius 1 is 0.316 bits per heavy atom. The molecule has 406 valence electrons. The fourth-order valence-corrected chi connectivity index (χ4v) is 11.0. The third-order valence-electron chi connectivity index (χ3n) is 15.8. The normalized spacial score (nSPS) is 12.5. The first kappa shape index (κ1) is 58.3. The van der Waals surface area contributed by atoms with Gasteiger partial charge in [0, 0.05) is 44.3 Å². The molecule has 7 aromatic carbocycles. The van der Waals surface area contributed by atoms with Crippen LogP contribution >= 0.6 is 0 Å². The highest BCUT2D eigenvalue weighted by Crippen LogP contribution is 2.53. The van der Waals surface area contributed by atoms with Crippen LogP contribution in [0.2, 0.25) is 0 Å². The molecule has 76 heavy (non-hydrogen) atoms. The predicted octanol–water partition coefficient (Wildman–Crippen LogP) is 21.8. The average molecular weight is 1020 g/mol. The van der Waals surface area contributed by atoms with Crippen LogP contribution < -0.4 is 9.80 Å². The minimum Gasteiger partial charge on any atom is -0.386 e. The van der Waals surface area contributed by atoms with Crippen molar-refractivity contribution < 1.29 is 5.11 Å². The van der Waals surface area contributed by atoms with E-state index in [9.17, 15) is 5.11 Å². The Kier molecular flexibility index (Phi) is 18.8. The Balaban J connectivity index is 1.74. The molecule has 0 saturated heterocycles. The number of benzene rings is 7. The molecule has 0 aliphatic rings. The van der Waals surface area contributed by atoms with Crippen molar-refractivity contribution in [3.8, 4) is 0 Å². The van der Waals surface area contributed by atoms with Gasteiger partial charge in [-0.25, -0.2) is 0 Å². The highest BCUT2D eigenvalue weighted by atomic mass is 16.3. The maximum Gasteiger partial charge on any atom is 0.0841 e. The van der Waals surface area contributed by atoms with E-state index in [1.807, 2.05) is 13.8 Å². The Bertz CT molecular complexity index is 2950. The molecule has 3 nitrogen and oxygen atoms in total. The molecule has 0 aromatic heterocycles. The van der Waals surface area contributed by atoms with Gasteiger partial charge in [-0.2, -0.15) is 0 Å². The standard InChI is InChI=1S/C73H98N2O/c1-17-22-29-51-36-37-66-67(44-51)69(75(61-42-54(32-25-20-4)39-55(43-61)33-26-21-5)63-49-58(72(12,13)14)46-59(50-63)73(15,16)76)65-35-28-27-34-64(65)68(66)74(60-40-52(30-23-18-2)38-53(41-60)31-24-19-3)62-47-56(70(6,7)8)45-57(48-62)71(9,10)11/h27-28,34-50,76H,17-26,29-33H2,1-16H3. The molecular weight excluding hydrogens is 921 g/mol. The lowest BCUT2D eigenvalue weighted by molar-refractivity contribution is 0.0785. The molecule has 0 bridgehead atoms. The lowest BCUT2D eigenvalue weighted by atomic mass is 9.80. The van der Waals surface area contributed by atoms with Gasteiger partial charge in [0.1, 0.15) is 0 Å². The first-order chi connectivity index (χ1) is 36.0. The van der Waals surface area contributed by atoms with E-state index in [4.69, 9.17) is 0 Å². The van der Waals surface area contributed by atoms with E-state index in [1.165, 1.54) is 94.5 Å². The smallest absolute Gasteiger partial charge is 0.0841 e. The summed E-state index contributed by atoms with van der Waals surface area (Å²) in [4.78, 5) is 5.30. The second-order valence-corrected chi connectivity index (χ2v) is 26.2. The molecular formula is C73H98N2O. The maximum atomic E-state index is 12.0. The molecule has 0 unspecified atom stereocenters. The van der Waals surface area contributed by atoms with Crippen molar-refractivity contribution in [2.45, 2.75) is 229 Å². The van der Waals surface area contributed by atoms with Crippen LogP contribution in [-0.2, 0) is 54.0 Å². The van der Waals surface area contributed by atoms with Gasteiger partial charge in [-0.05, 0) is 199 Å². The predicted molar refractivity (Wildman–Crippen MR) is 335 cm³/mol. The monoisotopic (exact) mass is 1020 g/mol. The summed E-state index contributed by atoms with van der Waals surface area (Å²) in [7, 11) is 0. The number of hydrogen-bond acceptors (Lipinski definition) is 3. The largest absolute Gasteiger partial charge is 0.386 e. The van der Waals surface area contributed by atoms with E-state index in [1.54, 1.807) is 0 Å². The third-order valence-corrected chi connectivity index (χ3v) is 15.8. The summed E-state index contributed by atoms with van der Waals surface area (Å²) in [6.07, 6.45) is 16.7. The molecule has 0 saturated carbocycles. The molecule has 0 radical (unpaired) electrons. The molecule has 0 heterocycles. The van der Waals surface area contributed by atoms with Gasteiger partial charge in [0.05, 0.1) is 17.0 Å². The molecule has 3 heteroatoms. The zero-order valence-corrected chi connectivity index (χ0v) is 50.4. The van der Waals surface area contributed by atoms with Crippen LogP contribution in [0.4, 0.5) is 34.1 Å². The average Bonchev–Trinajstić information content (AvgIpc) is 3.37. The Labute approximate surface area is 462 Å². The summed E-state index contributed by atoms with van der Waals surface area (Å²) in [5.41, 5.74) is 17.5. The van der Waals surface area contributed by atoms with Gasteiger partial charge in [-0.15, -0.1) is 0 Å². The van der Waals surface area contributed by atoms with Crippen LogP contribution in [0.25, 0.3) is 21.5 Å². The number of unbranched alkanes of at least 4 members (excludes halogenated alkanes) is 5. The third kappa shape index (κ3) is 13.8. The quantitative estimate of drug-likeness (QED) is 0.0541. The van der Waals surface area contributed by atoms with Gasteiger partial charge in [0.25, 0.3) is 0 Å². The van der Waals surface area contributed by atoms with E-state index in [0.29, 0.717) is 0 Å². The first-order valence-corrected chi connectivity index (χ1v) is 29.9. The number of nitrogens with zero attached hydrogens (tertiary/aromatic N) is 2. The number of anilines is 6. The van der Waals surface area contributed by atoms with Crippen LogP contribution in [0.1, 0.15) is 225 Å². The number of aryl methyl sites for hydroxylation is 5. The van der Waals surface area contributed by atoms with E-state index >= 15 is 0 Å². The fraction of sp³-hybridized carbons (Fsp3) is 0.479. The molecule has 7 aromatic rings. The van der Waals surface area contributed by atoms with Gasteiger partial charge in [0.15, 0.2) is 0 Å². The van der Waals surface area contributed by atoms with Gasteiger partial charge in [0.2, 0.25) is 0 Å². The van der Waals surface area contributed by atoms with Gasteiger partial charge in [-0.1, -0.05) is 190 Å². The van der Waals surface area contributed by atoms with Crippen LogP contribution in [0, 0.1) is 0 Å². The van der Waals surface area contributed by atoms with Crippen molar-refractivity contribution in [3.05, 3.63) is 165 Å². The Morgan fingerprint density at radius 2 is 0.618 bits per heavy atom. The second-order valence-electron chi connectivity index (χ2n) is 26.2. The van der Waals surface area contributed by atoms with E-state index in [0.717, 1.165) is 108 Å². The minimum absolute atomic E-state index is 0.0785. The zero-order chi connectivity index (χ0) is 55.2. The first-order valence-electron chi connectivity index (χ1n) is 29.9. The van der Waals surface area contributed by atoms with Crippen molar-refractivity contribution in [3.63, 3.8) is 0 Å². The summed E-state index contributed by atoms with van der Waals surface area (Å²) >= 11 is 0. The van der Waals surface area contributed by atoms with Crippen LogP contribution in [0.15, 0.2) is 115 Å².